The Labute approximate surface area is 124 Å². The molecule has 1 amide bonds. The molecule has 0 spiro atoms. The minimum Gasteiger partial charge on any atom is -0.478 e. The average molecular weight is 287 g/mol. The molecular weight excluding hydrogens is 266 g/mol. The summed E-state index contributed by atoms with van der Waals surface area (Å²) in [5.74, 6) is -0.820. The van der Waals surface area contributed by atoms with E-state index in [0.717, 1.165) is 17.7 Å². The molecule has 0 unspecified atom stereocenters. The van der Waals surface area contributed by atoms with Crippen LogP contribution in [-0.2, 0) is 11.2 Å². The van der Waals surface area contributed by atoms with E-state index in [0.29, 0.717) is 6.54 Å². The molecule has 0 saturated heterocycles. The summed E-state index contributed by atoms with van der Waals surface area (Å²) in [6.45, 7) is 9.15. The van der Waals surface area contributed by atoms with Crippen LogP contribution >= 0.6 is 0 Å². The maximum atomic E-state index is 12.9. The highest BCUT2D eigenvalue weighted by molar-refractivity contribution is 6.01. The van der Waals surface area contributed by atoms with Crippen molar-refractivity contribution >= 4 is 17.6 Å². The van der Waals surface area contributed by atoms with Crippen molar-refractivity contribution < 1.29 is 14.7 Å². The zero-order chi connectivity index (χ0) is 15.6. The minimum atomic E-state index is -0.954. The van der Waals surface area contributed by atoms with Gasteiger partial charge >= 0.3 is 5.97 Å². The number of nitrogens with zero attached hydrogens (tertiary/aromatic N) is 1. The summed E-state index contributed by atoms with van der Waals surface area (Å²) in [6, 6.07) is 5.07. The molecule has 1 heterocycles. The van der Waals surface area contributed by atoms with Crippen LogP contribution < -0.4 is 4.90 Å². The van der Waals surface area contributed by atoms with Gasteiger partial charge in [0.2, 0.25) is 5.91 Å². The van der Waals surface area contributed by atoms with Crippen molar-refractivity contribution in [3.8, 4) is 0 Å². The Kier molecular flexibility index (Phi) is 2.75. The van der Waals surface area contributed by atoms with Gasteiger partial charge in [-0.25, -0.2) is 4.79 Å². The summed E-state index contributed by atoms with van der Waals surface area (Å²) in [4.78, 5) is 25.8. The van der Waals surface area contributed by atoms with E-state index >= 15 is 0 Å². The summed E-state index contributed by atoms with van der Waals surface area (Å²) in [7, 11) is 0. The highest BCUT2D eigenvalue weighted by Gasteiger charge is 2.69. The average Bonchev–Trinajstić information content (AvgIpc) is 2.73. The van der Waals surface area contributed by atoms with Gasteiger partial charge in [-0.15, -0.1) is 0 Å². The van der Waals surface area contributed by atoms with E-state index in [1.807, 2.05) is 6.07 Å². The summed E-state index contributed by atoms with van der Waals surface area (Å²) < 4.78 is 0. The number of carboxylic acids is 1. The van der Waals surface area contributed by atoms with Gasteiger partial charge in [-0.2, -0.15) is 0 Å². The number of carbonyl (C=O) groups is 2. The van der Waals surface area contributed by atoms with E-state index in [1.54, 1.807) is 17.0 Å². The highest BCUT2D eigenvalue weighted by atomic mass is 16.4. The zero-order valence-electron chi connectivity index (χ0n) is 12.9. The van der Waals surface area contributed by atoms with Crippen LogP contribution in [0, 0.1) is 16.7 Å². The van der Waals surface area contributed by atoms with Gasteiger partial charge in [-0.05, 0) is 34.9 Å². The van der Waals surface area contributed by atoms with Gasteiger partial charge in [0.25, 0.3) is 0 Å². The lowest BCUT2D eigenvalue weighted by atomic mass is 10.0. The Morgan fingerprint density at radius 3 is 2.33 bits per heavy atom. The largest absolute Gasteiger partial charge is 0.478 e. The fourth-order valence-electron chi connectivity index (χ4n) is 3.71. The molecule has 3 rings (SSSR count). The molecule has 21 heavy (non-hydrogen) atoms. The Hall–Kier alpha value is -1.84. The highest BCUT2D eigenvalue weighted by Crippen LogP contribution is 2.69. The molecule has 4 heteroatoms. The molecule has 1 aromatic rings. The van der Waals surface area contributed by atoms with Crippen molar-refractivity contribution in [2.24, 2.45) is 16.7 Å². The quantitative estimate of drug-likeness (QED) is 0.909. The van der Waals surface area contributed by atoms with Crippen molar-refractivity contribution in [3.05, 3.63) is 29.3 Å². The fourth-order valence-corrected chi connectivity index (χ4v) is 3.71. The van der Waals surface area contributed by atoms with Gasteiger partial charge < -0.3 is 10.0 Å². The third kappa shape index (κ3) is 1.81. The third-order valence-electron chi connectivity index (χ3n) is 5.76. The van der Waals surface area contributed by atoms with Gasteiger partial charge in [0.15, 0.2) is 0 Å². The van der Waals surface area contributed by atoms with Crippen molar-refractivity contribution in [1.82, 2.24) is 0 Å². The fraction of sp³-hybridized carbons (Fsp3) is 0.529. The number of benzene rings is 1. The molecular formula is C17H21NO3. The van der Waals surface area contributed by atoms with E-state index in [9.17, 15) is 9.59 Å². The third-order valence-corrected chi connectivity index (χ3v) is 5.76. The first kappa shape index (κ1) is 14.1. The maximum Gasteiger partial charge on any atom is 0.335 e. The molecule has 1 aliphatic heterocycles. The normalized spacial score (nSPS) is 22.0. The molecule has 0 radical (unpaired) electrons. The molecule has 1 fully saturated rings. The Morgan fingerprint density at radius 2 is 1.81 bits per heavy atom. The maximum absolute atomic E-state index is 12.9. The number of carboxylic acid groups (broad SMARTS) is 1. The van der Waals surface area contributed by atoms with Crippen molar-refractivity contribution in [2.75, 3.05) is 11.4 Å². The first-order valence-electron chi connectivity index (χ1n) is 7.35. The molecule has 0 bridgehead atoms. The molecule has 2 aliphatic rings. The molecule has 0 aromatic heterocycles. The standard InChI is InChI=1S/C17H21NO3/c1-16(2)13(17(16,3)4)14(19)18-8-7-10-5-6-11(15(20)21)9-12(10)18/h5-6,9,13H,7-8H2,1-4H3,(H,20,21). The van der Waals surface area contributed by atoms with Gasteiger partial charge in [0.1, 0.15) is 0 Å². The monoisotopic (exact) mass is 287 g/mol. The van der Waals surface area contributed by atoms with Crippen LogP contribution in [0.1, 0.15) is 43.6 Å². The molecule has 112 valence electrons. The number of hydrogen-bond donors (Lipinski definition) is 1. The molecule has 1 saturated carbocycles. The van der Waals surface area contributed by atoms with Gasteiger partial charge in [0, 0.05) is 18.2 Å². The Morgan fingerprint density at radius 1 is 1.19 bits per heavy atom. The van der Waals surface area contributed by atoms with E-state index in [-0.39, 0.29) is 28.2 Å². The minimum absolute atomic E-state index is 0.00273. The number of carbonyl (C=O) groups excluding carboxylic acids is 1. The molecule has 1 aliphatic carbocycles. The first-order chi connectivity index (χ1) is 9.68. The van der Waals surface area contributed by atoms with E-state index in [2.05, 4.69) is 27.7 Å². The number of amides is 1. The summed E-state index contributed by atoms with van der Waals surface area (Å²) in [5.41, 5.74) is 2.07. The number of fused-ring (bicyclic) bond motifs is 1. The number of hydrogen-bond acceptors (Lipinski definition) is 2. The van der Waals surface area contributed by atoms with Crippen LogP contribution in [-0.4, -0.2) is 23.5 Å². The second-order valence-corrected chi connectivity index (χ2v) is 7.26. The van der Waals surface area contributed by atoms with Gasteiger partial charge in [-0.3, -0.25) is 4.79 Å². The van der Waals surface area contributed by atoms with Crippen LogP contribution in [0.4, 0.5) is 5.69 Å². The lowest BCUT2D eigenvalue weighted by Crippen LogP contribution is -2.32. The Balaban J connectivity index is 1.93. The lowest BCUT2D eigenvalue weighted by molar-refractivity contribution is -0.120. The SMILES string of the molecule is CC1(C)C(C(=O)N2CCc3ccc(C(=O)O)cc32)C1(C)C. The van der Waals surface area contributed by atoms with E-state index in [4.69, 9.17) is 5.11 Å². The number of aromatic carboxylic acids is 1. The van der Waals surface area contributed by atoms with Crippen LogP contribution in [0.2, 0.25) is 0 Å². The second-order valence-electron chi connectivity index (χ2n) is 7.26. The first-order valence-corrected chi connectivity index (χ1v) is 7.35. The van der Waals surface area contributed by atoms with Crippen LogP contribution in [0.3, 0.4) is 0 Å². The van der Waals surface area contributed by atoms with Crippen LogP contribution in [0.15, 0.2) is 18.2 Å². The topological polar surface area (TPSA) is 57.6 Å². The van der Waals surface area contributed by atoms with Crippen LogP contribution in [0.25, 0.3) is 0 Å². The van der Waals surface area contributed by atoms with Gasteiger partial charge in [0.05, 0.1) is 5.56 Å². The number of anilines is 1. The molecule has 4 nitrogen and oxygen atoms in total. The molecule has 1 aromatic carbocycles. The smallest absolute Gasteiger partial charge is 0.335 e. The lowest BCUT2D eigenvalue weighted by Gasteiger charge is -2.19. The number of rotatable bonds is 2. The van der Waals surface area contributed by atoms with Crippen molar-refractivity contribution in [1.29, 1.82) is 0 Å². The predicted molar refractivity (Wildman–Crippen MR) is 80.5 cm³/mol. The molecule has 0 atom stereocenters. The van der Waals surface area contributed by atoms with E-state index < -0.39 is 5.97 Å². The van der Waals surface area contributed by atoms with Crippen molar-refractivity contribution in [2.45, 2.75) is 34.1 Å². The van der Waals surface area contributed by atoms with Crippen LogP contribution in [0.5, 0.6) is 0 Å². The van der Waals surface area contributed by atoms with Crippen molar-refractivity contribution in [3.63, 3.8) is 0 Å². The predicted octanol–water partition coefficient (Wildman–Crippen LogP) is 2.96. The summed E-state index contributed by atoms with van der Waals surface area (Å²) in [6.07, 6.45) is 0.800. The molecule has 1 N–H and O–H groups in total. The summed E-state index contributed by atoms with van der Waals surface area (Å²) >= 11 is 0. The Bertz CT molecular complexity index is 631. The van der Waals surface area contributed by atoms with E-state index in [1.165, 1.54) is 0 Å². The second kappa shape index (κ2) is 4.09. The van der Waals surface area contributed by atoms with Gasteiger partial charge in [-0.1, -0.05) is 33.8 Å². The summed E-state index contributed by atoms with van der Waals surface area (Å²) in [5, 5.41) is 9.13. The zero-order valence-corrected chi connectivity index (χ0v) is 12.9.